The molecule has 1 amide bonds. The second kappa shape index (κ2) is 8.62. The van der Waals surface area contributed by atoms with Gasteiger partial charge in [0.05, 0.1) is 17.9 Å². The van der Waals surface area contributed by atoms with E-state index in [0.29, 0.717) is 17.7 Å². The Hall–Kier alpha value is -4.26. The molecule has 3 aromatic carbocycles. The van der Waals surface area contributed by atoms with E-state index in [1.807, 2.05) is 18.2 Å². The Morgan fingerprint density at radius 3 is 2.48 bits per heavy atom. The molecule has 7 heteroatoms. The average molecular weight is 417 g/mol. The van der Waals surface area contributed by atoms with Crippen LogP contribution in [0.1, 0.15) is 26.5 Å². The van der Waals surface area contributed by atoms with E-state index in [4.69, 9.17) is 9.15 Å². The van der Waals surface area contributed by atoms with Gasteiger partial charge in [-0.25, -0.2) is 4.79 Å². The number of amides is 1. The lowest BCUT2D eigenvalue weighted by atomic mass is 10.1. The number of nitrogens with one attached hydrogen (secondary N) is 1. The summed E-state index contributed by atoms with van der Waals surface area (Å²) in [5.41, 5.74) is 1.92. The quantitative estimate of drug-likeness (QED) is 0.402. The highest BCUT2D eigenvalue weighted by Gasteiger charge is 2.16. The molecule has 3 N–H and O–H groups in total. The molecule has 0 unspecified atom stereocenters. The molecule has 7 nitrogen and oxygen atoms in total. The van der Waals surface area contributed by atoms with Crippen LogP contribution in [0.4, 0.5) is 5.69 Å². The fourth-order valence-corrected chi connectivity index (χ4v) is 3.10. The smallest absolute Gasteiger partial charge is 0.335 e. The summed E-state index contributed by atoms with van der Waals surface area (Å²) in [7, 11) is 0. The van der Waals surface area contributed by atoms with Crippen molar-refractivity contribution in [3.8, 4) is 11.5 Å². The highest BCUT2D eigenvalue weighted by atomic mass is 16.5. The van der Waals surface area contributed by atoms with Gasteiger partial charge in [0, 0.05) is 11.8 Å². The molecule has 1 heterocycles. The summed E-state index contributed by atoms with van der Waals surface area (Å²) in [6.45, 7) is 0.251. The summed E-state index contributed by atoms with van der Waals surface area (Å²) in [5.74, 6) is -1.02. The maximum absolute atomic E-state index is 12.7. The lowest BCUT2D eigenvalue weighted by molar-refractivity contribution is 0.0696. The molecule has 156 valence electrons. The number of phenols is 1. The minimum Gasteiger partial charge on any atom is -0.508 e. The molecule has 4 aromatic rings. The van der Waals surface area contributed by atoms with Crippen molar-refractivity contribution in [1.82, 2.24) is 0 Å². The summed E-state index contributed by atoms with van der Waals surface area (Å²) in [6, 6.07) is 19.9. The maximum Gasteiger partial charge on any atom is 0.335 e. The summed E-state index contributed by atoms with van der Waals surface area (Å²) >= 11 is 0. The molecule has 0 aliphatic heterocycles. The number of carboxylic acid groups (broad SMARTS) is 1. The number of hydrogen-bond donors (Lipinski definition) is 3. The number of para-hydroxylation sites is 1. The molecule has 31 heavy (non-hydrogen) atoms. The first-order valence-electron chi connectivity index (χ1n) is 9.57. The number of carbonyl (C=O) groups is 2. The standard InChI is InChI=1S/C24H19NO6/c26-18-8-5-15(6-9-18)11-12-30-21-14-17(24(28)29)7-10-19(21)25-23(27)22-13-16-3-1-2-4-20(16)31-22/h1-10,13-14,26H,11-12H2,(H,25,27)(H,28,29). The Labute approximate surface area is 177 Å². The predicted octanol–water partition coefficient (Wildman–Crippen LogP) is 4.71. The normalized spacial score (nSPS) is 10.7. The van der Waals surface area contributed by atoms with Crippen LogP contribution in [0, 0.1) is 0 Å². The van der Waals surface area contributed by atoms with Gasteiger partial charge in [-0.15, -0.1) is 0 Å². The Balaban J connectivity index is 1.52. The number of rotatable bonds is 7. The molecular weight excluding hydrogens is 398 g/mol. The van der Waals surface area contributed by atoms with Crippen LogP contribution < -0.4 is 10.1 Å². The summed E-state index contributed by atoms with van der Waals surface area (Å²) in [5, 5.41) is 22.2. The van der Waals surface area contributed by atoms with E-state index in [2.05, 4.69) is 5.32 Å². The van der Waals surface area contributed by atoms with Crippen LogP contribution in [0.15, 0.2) is 77.2 Å². The number of fused-ring (bicyclic) bond motifs is 1. The van der Waals surface area contributed by atoms with E-state index in [0.717, 1.165) is 10.9 Å². The van der Waals surface area contributed by atoms with E-state index in [-0.39, 0.29) is 29.4 Å². The summed E-state index contributed by atoms with van der Waals surface area (Å²) in [4.78, 5) is 24.0. The van der Waals surface area contributed by atoms with Gasteiger partial charge in [0.15, 0.2) is 5.76 Å². The minimum absolute atomic E-state index is 0.0429. The number of benzene rings is 3. The van der Waals surface area contributed by atoms with Gasteiger partial charge in [0.1, 0.15) is 17.1 Å². The number of carbonyl (C=O) groups excluding carboxylic acids is 1. The van der Waals surface area contributed by atoms with Crippen LogP contribution >= 0.6 is 0 Å². The van der Waals surface area contributed by atoms with Crippen molar-refractivity contribution in [2.75, 3.05) is 11.9 Å². The molecular formula is C24H19NO6. The van der Waals surface area contributed by atoms with Crippen molar-refractivity contribution in [2.24, 2.45) is 0 Å². The first kappa shape index (κ1) is 20.0. The Kier molecular flexibility index (Phi) is 5.57. The van der Waals surface area contributed by atoms with Crippen molar-refractivity contribution < 1.29 is 29.0 Å². The van der Waals surface area contributed by atoms with Gasteiger partial charge in [-0.05, 0) is 48.0 Å². The Morgan fingerprint density at radius 2 is 1.74 bits per heavy atom. The van der Waals surface area contributed by atoms with Crippen LogP contribution in [-0.2, 0) is 6.42 Å². The van der Waals surface area contributed by atoms with Gasteiger partial charge in [-0.1, -0.05) is 30.3 Å². The van der Waals surface area contributed by atoms with Gasteiger partial charge in [-0.2, -0.15) is 0 Å². The second-order valence-corrected chi connectivity index (χ2v) is 6.88. The van der Waals surface area contributed by atoms with Crippen molar-refractivity contribution >= 4 is 28.5 Å². The first-order valence-corrected chi connectivity index (χ1v) is 9.57. The first-order chi connectivity index (χ1) is 15.0. The molecule has 0 aliphatic rings. The van der Waals surface area contributed by atoms with Crippen LogP contribution in [-0.4, -0.2) is 28.7 Å². The fraction of sp³-hybridized carbons (Fsp3) is 0.0833. The van der Waals surface area contributed by atoms with Crippen LogP contribution in [0.3, 0.4) is 0 Å². The molecule has 4 rings (SSSR count). The van der Waals surface area contributed by atoms with Crippen LogP contribution in [0.5, 0.6) is 11.5 Å². The number of aromatic carboxylic acids is 1. The minimum atomic E-state index is -1.10. The molecule has 0 bridgehead atoms. The number of aromatic hydroxyl groups is 1. The number of carboxylic acids is 1. The van der Waals surface area contributed by atoms with Gasteiger partial charge < -0.3 is 24.7 Å². The zero-order chi connectivity index (χ0) is 21.8. The van der Waals surface area contributed by atoms with Crippen molar-refractivity contribution in [3.63, 3.8) is 0 Å². The molecule has 0 aliphatic carbocycles. The van der Waals surface area contributed by atoms with E-state index < -0.39 is 11.9 Å². The topological polar surface area (TPSA) is 109 Å². The molecule has 0 fully saturated rings. The third-order valence-corrected chi connectivity index (χ3v) is 4.71. The largest absolute Gasteiger partial charge is 0.508 e. The SMILES string of the molecule is O=C(O)c1ccc(NC(=O)c2cc3ccccc3o2)c(OCCc2ccc(O)cc2)c1. The van der Waals surface area contributed by atoms with E-state index >= 15 is 0 Å². The van der Waals surface area contributed by atoms with Gasteiger partial charge in [0.25, 0.3) is 5.91 Å². The van der Waals surface area contributed by atoms with Gasteiger partial charge in [-0.3, -0.25) is 4.79 Å². The van der Waals surface area contributed by atoms with Gasteiger partial charge >= 0.3 is 5.97 Å². The zero-order valence-electron chi connectivity index (χ0n) is 16.4. The van der Waals surface area contributed by atoms with Crippen LogP contribution in [0.2, 0.25) is 0 Å². The monoisotopic (exact) mass is 417 g/mol. The third kappa shape index (κ3) is 4.67. The van der Waals surface area contributed by atoms with Crippen molar-refractivity contribution in [3.05, 3.63) is 89.7 Å². The highest BCUT2D eigenvalue weighted by Crippen LogP contribution is 2.28. The molecule has 0 spiro atoms. The molecule has 0 atom stereocenters. The average Bonchev–Trinajstić information content (AvgIpc) is 3.20. The molecule has 0 radical (unpaired) electrons. The maximum atomic E-state index is 12.7. The number of anilines is 1. The number of ether oxygens (including phenoxy) is 1. The number of phenolic OH excluding ortho intramolecular Hbond substituents is 1. The number of furan rings is 1. The van der Waals surface area contributed by atoms with Crippen molar-refractivity contribution in [2.45, 2.75) is 6.42 Å². The van der Waals surface area contributed by atoms with Crippen LogP contribution in [0.25, 0.3) is 11.0 Å². The van der Waals surface area contributed by atoms with E-state index in [1.54, 1.807) is 36.4 Å². The molecule has 0 saturated heterocycles. The van der Waals surface area contributed by atoms with E-state index in [1.165, 1.54) is 18.2 Å². The fourth-order valence-electron chi connectivity index (χ4n) is 3.10. The Bertz CT molecular complexity index is 1210. The lowest BCUT2D eigenvalue weighted by Gasteiger charge is -2.13. The number of hydrogen-bond acceptors (Lipinski definition) is 5. The van der Waals surface area contributed by atoms with Crippen molar-refractivity contribution in [1.29, 1.82) is 0 Å². The predicted molar refractivity (Wildman–Crippen MR) is 115 cm³/mol. The molecule has 1 aromatic heterocycles. The molecule has 0 saturated carbocycles. The van der Waals surface area contributed by atoms with E-state index in [9.17, 15) is 19.8 Å². The highest BCUT2D eigenvalue weighted by molar-refractivity contribution is 6.05. The lowest BCUT2D eigenvalue weighted by Crippen LogP contribution is -2.13. The summed E-state index contributed by atoms with van der Waals surface area (Å²) in [6.07, 6.45) is 0.536. The Morgan fingerprint density at radius 1 is 0.968 bits per heavy atom. The third-order valence-electron chi connectivity index (χ3n) is 4.71. The zero-order valence-corrected chi connectivity index (χ0v) is 16.4. The second-order valence-electron chi connectivity index (χ2n) is 6.88. The summed E-state index contributed by atoms with van der Waals surface area (Å²) < 4.78 is 11.4. The van der Waals surface area contributed by atoms with Gasteiger partial charge in [0.2, 0.25) is 0 Å².